The number of fused-ring (bicyclic) bond motifs is 1. The highest BCUT2D eigenvalue weighted by Crippen LogP contribution is 2.37. The first-order chi connectivity index (χ1) is 13.3. The summed E-state index contributed by atoms with van der Waals surface area (Å²) in [6.45, 7) is 5.63. The highest BCUT2D eigenvalue weighted by molar-refractivity contribution is 7.80. The van der Waals surface area contributed by atoms with Gasteiger partial charge < -0.3 is 14.4 Å². The average Bonchev–Trinajstić information content (AvgIpc) is 2.93. The zero-order chi connectivity index (χ0) is 20.6. The molecule has 3 aromatic rings. The van der Waals surface area contributed by atoms with Crippen LogP contribution in [0.4, 0.5) is 4.39 Å². The van der Waals surface area contributed by atoms with Crippen LogP contribution in [0.2, 0.25) is 0 Å². The Morgan fingerprint density at radius 3 is 2.43 bits per heavy atom. The van der Waals surface area contributed by atoms with Crippen LogP contribution in [0.5, 0.6) is 5.75 Å². The van der Waals surface area contributed by atoms with Crippen molar-refractivity contribution in [2.45, 2.75) is 33.1 Å². The molecule has 28 heavy (non-hydrogen) atoms. The molecule has 6 heteroatoms. The number of carboxylic acid groups (broad SMARTS) is 1. The fourth-order valence-corrected chi connectivity index (χ4v) is 4.00. The first kappa shape index (κ1) is 20.0. The molecule has 0 aliphatic heterocycles. The third kappa shape index (κ3) is 3.29. The average molecular weight is 399 g/mol. The van der Waals surface area contributed by atoms with Crippen LogP contribution >= 0.6 is 12.2 Å². The van der Waals surface area contributed by atoms with Crippen LogP contribution in [0.3, 0.4) is 0 Å². The molecule has 3 rings (SSSR count). The number of carboxylic acids is 1. The van der Waals surface area contributed by atoms with E-state index >= 15 is 0 Å². The van der Waals surface area contributed by atoms with Crippen molar-refractivity contribution >= 4 is 34.1 Å². The summed E-state index contributed by atoms with van der Waals surface area (Å²) in [6.07, 6.45) is 0.409. The fourth-order valence-electron chi connectivity index (χ4n) is 3.63. The molecule has 1 atom stereocenters. The van der Waals surface area contributed by atoms with Gasteiger partial charge in [0.1, 0.15) is 4.99 Å². The minimum Gasteiger partial charge on any atom is -0.494 e. The van der Waals surface area contributed by atoms with Crippen molar-refractivity contribution in [1.82, 2.24) is 4.57 Å². The fraction of sp³-hybridized carbons (Fsp3) is 0.273. The SMILES string of the molecule is CCC(C(=O)O)c1c(C)n(C(=S)c2ccc(C)cc2)c2cc(F)c(OC)cc12. The predicted molar refractivity (Wildman–Crippen MR) is 112 cm³/mol. The van der Waals surface area contributed by atoms with E-state index in [4.69, 9.17) is 17.0 Å². The van der Waals surface area contributed by atoms with Crippen molar-refractivity contribution in [3.63, 3.8) is 0 Å². The van der Waals surface area contributed by atoms with Crippen LogP contribution < -0.4 is 4.74 Å². The lowest BCUT2D eigenvalue weighted by Crippen LogP contribution is -2.15. The summed E-state index contributed by atoms with van der Waals surface area (Å²) in [5.41, 5.74) is 3.79. The van der Waals surface area contributed by atoms with E-state index in [1.807, 2.05) is 45.0 Å². The predicted octanol–water partition coefficient (Wildman–Crippen LogP) is 5.21. The van der Waals surface area contributed by atoms with Gasteiger partial charge in [0.15, 0.2) is 11.6 Å². The maximum Gasteiger partial charge on any atom is 0.311 e. The Labute approximate surface area is 168 Å². The molecule has 0 saturated heterocycles. The maximum absolute atomic E-state index is 14.5. The van der Waals surface area contributed by atoms with Gasteiger partial charge in [-0.25, -0.2) is 4.39 Å². The first-order valence-electron chi connectivity index (χ1n) is 9.02. The Balaban J connectivity index is 2.35. The zero-order valence-electron chi connectivity index (χ0n) is 16.2. The molecule has 0 spiro atoms. The van der Waals surface area contributed by atoms with E-state index < -0.39 is 17.7 Å². The summed E-state index contributed by atoms with van der Waals surface area (Å²) in [6, 6.07) is 10.7. The second-order valence-corrected chi connectivity index (χ2v) is 7.20. The number of aryl methyl sites for hydroxylation is 1. The third-order valence-electron chi connectivity index (χ3n) is 5.08. The van der Waals surface area contributed by atoms with Gasteiger partial charge in [-0.2, -0.15) is 0 Å². The molecule has 1 aromatic heterocycles. The van der Waals surface area contributed by atoms with Gasteiger partial charge in [-0.3, -0.25) is 4.79 Å². The number of thiocarbonyl (C=S) groups is 1. The number of hydrogen-bond acceptors (Lipinski definition) is 3. The minimum absolute atomic E-state index is 0.0763. The standard InChI is InChI=1S/C22H22FNO3S/c1-5-15(22(25)26)20-13(3)24(21(28)14-8-6-12(2)7-9-14)18-11-17(23)19(27-4)10-16(18)20/h6-11,15H,5H2,1-4H3,(H,25,26). The van der Waals surface area contributed by atoms with Gasteiger partial charge in [-0.1, -0.05) is 49.0 Å². The molecule has 4 nitrogen and oxygen atoms in total. The van der Waals surface area contributed by atoms with Crippen molar-refractivity contribution in [1.29, 1.82) is 0 Å². The van der Waals surface area contributed by atoms with E-state index in [0.717, 1.165) is 11.1 Å². The van der Waals surface area contributed by atoms with Crippen LogP contribution in [0.1, 0.15) is 41.6 Å². The number of carbonyl (C=O) groups is 1. The Kier molecular flexibility index (Phi) is 5.52. The minimum atomic E-state index is -0.922. The molecule has 0 bridgehead atoms. The quantitative estimate of drug-likeness (QED) is 0.599. The second-order valence-electron chi connectivity index (χ2n) is 6.81. The van der Waals surface area contributed by atoms with Crippen molar-refractivity contribution in [3.8, 4) is 5.75 Å². The summed E-state index contributed by atoms with van der Waals surface area (Å²) in [5.74, 6) is -2.09. The molecule has 0 fully saturated rings. The Bertz CT molecular complexity index is 1070. The number of methoxy groups -OCH3 is 1. The largest absolute Gasteiger partial charge is 0.494 e. The number of rotatable bonds is 5. The molecule has 0 aliphatic carbocycles. The van der Waals surface area contributed by atoms with E-state index in [1.165, 1.54) is 13.2 Å². The van der Waals surface area contributed by atoms with Gasteiger partial charge in [-0.05, 0) is 31.9 Å². The van der Waals surface area contributed by atoms with Gasteiger partial charge >= 0.3 is 5.97 Å². The van der Waals surface area contributed by atoms with Gasteiger partial charge in [0, 0.05) is 22.7 Å². The van der Waals surface area contributed by atoms with Crippen LogP contribution in [-0.4, -0.2) is 27.7 Å². The molecule has 146 valence electrons. The zero-order valence-corrected chi connectivity index (χ0v) is 17.1. The van der Waals surface area contributed by atoms with Gasteiger partial charge in [0.05, 0.1) is 18.5 Å². The molecule has 0 amide bonds. The Morgan fingerprint density at radius 2 is 1.89 bits per heavy atom. The smallest absolute Gasteiger partial charge is 0.311 e. The van der Waals surface area contributed by atoms with Crippen molar-refractivity contribution in [2.75, 3.05) is 7.11 Å². The van der Waals surface area contributed by atoms with Crippen molar-refractivity contribution < 1.29 is 19.0 Å². The topological polar surface area (TPSA) is 51.5 Å². The Hall–Kier alpha value is -2.73. The molecule has 1 N–H and O–H groups in total. The van der Waals surface area contributed by atoms with E-state index in [2.05, 4.69) is 0 Å². The van der Waals surface area contributed by atoms with E-state index in [9.17, 15) is 14.3 Å². The summed E-state index contributed by atoms with van der Waals surface area (Å²) < 4.78 is 21.4. The number of nitrogens with zero attached hydrogens (tertiary/aromatic N) is 1. The van der Waals surface area contributed by atoms with Crippen LogP contribution in [0.15, 0.2) is 36.4 Å². The first-order valence-corrected chi connectivity index (χ1v) is 9.43. The number of ether oxygens (including phenoxy) is 1. The number of aromatic nitrogens is 1. The normalized spacial score (nSPS) is 12.2. The molecular weight excluding hydrogens is 377 g/mol. The molecule has 2 aromatic carbocycles. The third-order valence-corrected chi connectivity index (χ3v) is 5.50. The summed E-state index contributed by atoms with van der Waals surface area (Å²) in [4.78, 5) is 12.4. The Morgan fingerprint density at radius 1 is 1.25 bits per heavy atom. The number of hydrogen-bond donors (Lipinski definition) is 1. The van der Waals surface area contributed by atoms with E-state index in [0.29, 0.717) is 33.6 Å². The van der Waals surface area contributed by atoms with Crippen molar-refractivity contribution in [3.05, 3.63) is 64.6 Å². The highest BCUT2D eigenvalue weighted by atomic mass is 32.1. The highest BCUT2D eigenvalue weighted by Gasteiger charge is 2.28. The van der Waals surface area contributed by atoms with Gasteiger partial charge in [-0.15, -0.1) is 0 Å². The summed E-state index contributed by atoms with van der Waals surface area (Å²) >= 11 is 5.71. The summed E-state index contributed by atoms with van der Waals surface area (Å²) in [5, 5.41) is 10.4. The van der Waals surface area contributed by atoms with Gasteiger partial charge in [0.2, 0.25) is 0 Å². The molecule has 0 saturated carbocycles. The second kappa shape index (κ2) is 7.72. The lowest BCUT2D eigenvalue weighted by atomic mass is 9.94. The molecule has 1 heterocycles. The monoisotopic (exact) mass is 399 g/mol. The van der Waals surface area contributed by atoms with Crippen LogP contribution in [-0.2, 0) is 4.79 Å². The van der Waals surface area contributed by atoms with Crippen LogP contribution in [0, 0.1) is 19.7 Å². The van der Waals surface area contributed by atoms with E-state index in [1.54, 1.807) is 10.6 Å². The summed E-state index contributed by atoms with van der Waals surface area (Å²) in [7, 11) is 1.39. The van der Waals surface area contributed by atoms with E-state index in [-0.39, 0.29) is 5.75 Å². The molecular formula is C22H22FNO3S. The molecule has 0 aliphatic rings. The molecule has 0 radical (unpaired) electrons. The number of aliphatic carboxylic acids is 1. The lowest BCUT2D eigenvalue weighted by Gasteiger charge is -2.13. The number of benzene rings is 2. The van der Waals surface area contributed by atoms with Crippen LogP contribution in [0.25, 0.3) is 10.9 Å². The molecule has 1 unspecified atom stereocenters. The maximum atomic E-state index is 14.5. The lowest BCUT2D eigenvalue weighted by molar-refractivity contribution is -0.138. The van der Waals surface area contributed by atoms with Crippen molar-refractivity contribution in [2.24, 2.45) is 0 Å². The van der Waals surface area contributed by atoms with Gasteiger partial charge in [0.25, 0.3) is 0 Å². The number of halogens is 1.